The average molecular weight is 211 g/mol. The van der Waals surface area contributed by atoms with Gasteiger partial charge in [-0.1, -0.05) is 45.4 Å². The van der Waals surface area contributed by atoms with Crippen molar-refractivity contribution in [3.8, 4) is 0 Å². The van der Waals surface area contributed by atoms with E-state index in [2.05, 4.69) is 6.92 Å². The van der Waals surface area contributed by atoms with E-state index in [1.54, 1.807) is 0 Å². The van der Waals surface area contributed by atoms with Gasteiger partial charge in [-0.05, 0) is 19.3 Å². The van der Waals surface area contributed by atoms with Crippen LogP contribution in [0.25, 0.3) is 0 Å². The van der Waals surface area contributed by atoms with Crippen LogP contribution >= 0.6 is 0 Å². The van der Waals surface area contributed by atoms with Gasteiger partial charge in [0.15, 0.2) is 5.78 Å². The zero-order valence-electron chi connectivity index (χ0n) is 10.1. The number of hydrogen-bond donors (Lipinski definition) is 1. The van der Waals surface area contributed by atoms with Gasteiger partial charge in [0.25, 0.3) is 0 Å². The van der Waals surface area contributed by atoms with Crippen molar-refractivity contribution in [2.45, 2.75) is 76.7 Å². The van der Waals surface area contributed by atoms with Gasteiger partial charge in [-0.15, -0.1) is 0 Å². The van der Waals surface area contributed by atoms with E-state index in [1.807, 2.05) is 0 Å². The van der Waals surface area contributed by atoms with Crippen molar-refractivity contribution in [1.29, 1.82) is 0 Å². The first-order valence-electron chi connectivity index (χ1n) is 6.51. The topological polar surface area (TPSA) is 43.1 Å². The molecule has 1 rings (SSSR count). The Hall–Kier alpha value is -0.370. The molecule has 0 bridgehead atoms. The maximum atomic E-state index is 11.9. The van der Waals surface area contributed by atoms with Crippen molar-refractivity contribution >= 4 is 5.78 Å². The van der Waals surface area contributed by atoms with Gasteiger partial charge >= 0.3 is 0 Å². The molecule has 2 nitrogen and oxygen atoms in total. The highest BCUT2D eigenvalue weighted by Crippen LogP contribution is 2.29. The molecule has 0 saturated heterocycles. The second kappa shape index (κ2) is 6.26. The maximum absolute atomic E-state index is 11.9. The molecule has 2 heteroatoms. The Bertz CT molecular complexity index is 195. The summed E-state index contributed by atoms with van der Waals surface area (Å²) in [5, 5.41) is 0. The van der Waals surface area contributed by atoms with Crippen LogP contribution in [0, 0.1) is 0 Å². The zero-order valence-corrected chi connectivity index (χ0v) is 10.1. The summed E-state index contributed by atoms with van der Waals surface area (Å²) in [6, 6.07) is 0. The van der Waals surface area contributed by atoms with Crippen molar-refractivity contribution in [2.75, 3.05) is 0 Å². The molecule has 0 aromatic rings. The molecular formula is C13H25NO. The van der Waals surface area contributed by atoms with Crippen LogP contribution in [-0.2, 0) is 4.79 Å². The number of carbonyl (C=O) groups is 1. The Morgan fingerprint density at radius 1 is 1.13 bits per heavy atom. The normalized spacial score (nSPS) is 19.3. The Morgan fingerprint density at radius 3 is 2.33 bits per heavy atom. The van der Waals surface area contributed by atoms with Crippen molar-refractivity contribution in [3.05, 3.63) is 0 Å². The summed E-state index contributed by atoms with van der Waals surface area (Å²) < 4.78 is 0. The van der Waals surface area contributed by atoms with Gasteiger partial charge in [0.05, 0.1) is 5.54 Å². The fourth-order valence-electron chi connectivity index (χ4n) is 2.42. The highest BCUT2D eigenvalue weighted by molar-refractivity contribution is 5.88. The van der Waals surface area contributed by atoms with Gasteiger partial charge in [0.2, 0.25) is 0 Å². The molecule has 1 aliphatic carbocycles. The van der Waals surface area contributed by atoms with E-state index in [1.165, 1.54) is 25.7 Å². The summed E-state index contributed by atoms with van der Waals surface area (Å²) >= 11 is 0. The van der Waals surface area contributed by atoms with Crippen LogP contribution in [0.5, 0.6) is 0 Å². The molecule has 1 fully saturated rings. The molecule has 0 spiro atoms. The Balaban J connectivity index is 2.12. The minimum absolute atomic E-state index is 0.316. The largest absolute Gasteiger partial charge is 0.319 e. The molecule has 0 heterocycles. The van der Waals surface area contributed by atoms with Crippen molar-refractivity contribution in [3.63, 3.8) is 0 Å². The molecule has 0 aliphatic heterocycles. The fraction of sp³-hybridized carbons (Fsp3) is 0.923. The second-order valence-corrected chi connectivity index (χ2v) is 4.95. The number of unbranched alkanes of at least 4 members (excludes halogenated alkanes) is 4. The SMILES string of the molecule is CCCCCCCC(=O)C1(N)CCCC1. The van der Waals surface area contributed by atoms with E-state index in [0.29, 0.717) is 12.2 Å². The quantitative estimate of drug-likeness (QED) is 0.657. The van der Waals surface area contributed by atoms with Crippen LogP contribution in [0.2, 0.25) is 0 Å². The molecule has 1 aliphatic rings. The third kappa shape index (κ3) is 3.94. The van der Waals surface area contributed by atoms with Gasteiger partial charge in [-0.25, -0.2) is 0 Å². The highest BCUT2D eigenvalue weighted by Gasteiger charge is 2.35. The Labute approximate surface area is 93.6 Å². The number of carbonyl (C=O) groups excluding carboxylic acids is 1. The summed E-state index contributed by atoms with van der Waals surface area (Å²) in [4.78, 5) is 11.9. The van der Waals surface area contributed by atoms with E-state index in [4.69, 9.17) is 5.73 Å². The summed E-state index contributed by atoms with van der Waals surface area (Å²) in [6.07, 6.45) is 10.9. The molecule has 88 valence electrons. The molecule has 0 atom stereocenters. The lowest BCUT2D eigenvalue weighted by Gasteiger charge is -2.21. The van der Waals surface area contributed by atoms with Crippen LogP contribution in [0.4, 0.5) is 0 Å². The summed E-state index contributed by atoms with van der Waals surface area (Å²) in [5.41, 5.74) is 5.65. The van der Waals surface area contributed by atoms with Crippen LogP contribution in [0.15, 0.2) is 0 Å². The van der Waals surface area contributed by atoms with Gasteiger partial charge in [-0.2, -0.15) is 0 Å². The van der Waals surface area contributed by atoms with Crippen molar-refractivity contribution in [2.24, 2.45) is 5.73 Å². The van der Waals surface area contributed by atoms with E-state index in [9.17, 15) is 4.79 Å². The number of rotatable bonds is 7. The first-order valence-corrected chi connectivity index (χ1v) is 6.51. The van der Waals surface area contributed by atoms with Gasteiger partial charge in [0.1, 0.15) is 0 Å². The second-order valence-electron chi connectivity index (χ2n) is 4.95. The minimum atomic E-state index is -0.440. The lowest BCUT2D eigenvalue weighted by Crippen LogP contribution is -2.45. The Morgan fingerprint density at radius 2 is 1.73 bits per heavy atom. The van der Waals surface area contributed by atoms with Crippen molar-refractivity contribution in [1.82, 2.24) is 0 Å². The Kier molecular flexibility index (Phi) is 5.30. The molecule has 0 amide bonds. The van der Waals surface area contributed by atoms with Crippen molar-refractivity contribution < 1.29 is 4.79 Å². The van der Waals surface area contributed by atoms with E-state index >= 15 is 0 Å². The van der Waals surface area contributed by atoms with E-state index < -0.39 is 5.54 Å². The number of ketones is 1. The van der Waals surface area contributed by atoms with Crippen LogP contribution in [0.1, 0.15) is 71.1 Å². The lowest BCUT2D eigenvalue weighted by atomic mass is 9.90. The molecule has 0 radical (unpaired) electrons. The minimum Gasteiger partial charge on any atom is -0.319 e. The molecule has 0 aromatic heterocycles. The predicted molar refractivity (Wildman–Crippen MR) is 63.8 cm³/mol. The monoisotopic (exact) mass is 211 g/mol. The maximum Gasteiger partial charge on any atom is 0.152 e. The first-order chi connectivity index (χ1) is 7.19. The van der Waals surface area contributed by atoms with Gasteiger partial charge in [0, 0.05) is 6.42 Å². The number of nitrogens with two attached hydrogens (primary N) is 1. The smallest absolute Gasteiger partial charge is 0.152 e. The third-order valence-corrected chi connectivity index (χ3v) is 3.56. The molecule has 1 saturated carbocycles. The summed E-state index contributed by atoms with van der Waals surface area (Å²) in [5.74, 6) is 0.316. The van der Waals surface area contributed by atoms with Crippen LogP contribution in [0.3, 0.4) is 0 Å². The van der Waals surface area contributed by atoms with Gasteiger partial charge < -0.3 is 5.73 Å². The molecular weight excluding hydrogens is 186 g/mol. The first kappa shape index (κ1) is 12.7. The standard InChI is InChI=1S/C13H25NO/c1-2-3-4-5-6-9-12(15)13(14)10-7-8-11-13/h2-11,14H2,1H3. The number of Topliss-reactive ketones (excluding diaryl/α,β-unsaturated/α-hetero) is 1. The lowest BCUT2D eigenvalue weighted by molar-refractivity contribution is -0.124. The summed E-state index contributed by atoms with van der Waals surface area (Å²) in [7, 11) is 0. The molecule has 0 aromatic carbocycles. The molecule has 15 heavy (non-hydrogen) atoms. The molecule has 2 N–H and O–H groups in total. The fourth-order valence-corrected chi connectivity index (χ4v) is 2.42. The van der Waals surface area contributed by atoms with Crippen LogP contribution < -0.4 is 5.73 Å². The highest BCUT2D eigenvalue weighted by atomic mass is 16.1. The third-order valence-electron chi connectivity index (χ3n) is 3.56. The summed E-state index contributed by atoms with van der Waals surface area (Å²) in [6.45, 7) is 2.21. The molecule has 0 unspecified atom stereocenters. The number of hydrogen-bond acceptors (Lipinski definition) is 2. The van der Waals surface area contributed by atoms with E-state index in [-0.39, 0.29) is 0 Å². The predicted octanol–water partition coefficient (Wildman–Crippen LogP) is 3.19. The zero-order chi connectivity index (χ0) is 11.1. The van der Waals surface area contributed by atoms with E-state index in [0.717, 1.165) is 32.1 Å². The average Bonchev–Trinajstić information content (AvgIpc) is 2.66. The van der Waals surface area contributed by atoms with Crippen LogP contribution in [-0.4, -0.2) is 11.3 Å². The van der Waals surface area contributed by atoms with Gasteiger partial charge in [-0.3, -0.25) is 4.79 Å².